The largest absolute Gasteiger partial charge is 0.544 e. The number of carboxylic acid groups (broad SMARTS) is 1. The topological polar surface area (TPSA) is 102 Å². The quantitative estimate of drug-likeness (QED) is 0.396. The maximum atomic E-state index is 13.8. The Labute approximate surface area is 196 Å². The van der Waals surface area contributed by atoms with Crippen LogP contribution in [0.1, 0.15) is 66.7 Å². The molecule has 0 saturated heterocycles. The van der Waals surface area contributed by atoms with Gasteiger partial charge in [-0.15, -0.1) is 0 Å². The predicted octanol–water partition coefficient (Wildman–Crippen LogP) is 3.21. The third-order valence-corrected chi connectivity index (χ3v) is 7.67. The third kappa shape index (κ3) is 4.67. The van der Waals surface area contributed by atoms with Crippen molar-refractivity contribution in [2.45, 2.75) is 64.1 Å². The summed E-state index contributed by atoms with van der Waals surface area (Å²) >= 11 is 0. The lowest BCUT2D eigenvalue weighted by Gasteiger charge is -2.31. The Bertz CT molecular complexity index is 930. The molecule has 0 aromatic heterocycles. The van der Waals surface area contributed by atoms with E-state index in [0.717, 1.165) is 24.2 Å². The van der Waals surface area contributed by atoms with Crippen LogP contribution in [0.5, 0.6) is 0 Å². The van der Waals surface area contributed by atoms with Gasteiger partial charge in [0.25, 0.3) is 0 Å². The summed E-state index contributed by atoms with van der Waals surface area (Å²) < 4.78 is 43.5. The van der Waals surface area contributed by atoms with Gasteiger partial charge in [-0.3, -0.25) is 0 Å². The van der Waals surface area contributed by atoms with Gasteiger partial charge in [-0.25, -0.2) is 9.59 Å². The maximum Gasteiger partial charge on any atom is 0.340 e. The van der Waals surface area contributed by atoms with Crippen molar-refractivity contribution in [2.75, 3.05) is 6.79 Å². The number of fused-ring (bicyclic) bond motifs is 5. The number of esters is 2. The fraction of sp³-hybridized carbons (Fsp3) is 0.640. The standard InChI is InChI=1S/C25H30F2O7/c1-13(2)21(25(26,27)24(30)31)34-23(29)15-8-6-14(7-9-15)22(28)33-12-32-20-11-16-10-19(20)18-5-3-4-17(16)18/h6-9,13,16-21H,3-5,10-12H2,1-2H3,(H,30,31)/p-1. The van der Waals surface area contributed by atoms with Crippen LogP contribution in [0, 0.1) is 29.6 Å². The van der Waals surface area contributed by atoms with Gasteiger partial charge in [0.2, 0.25) is 0 Å². The number of carboxylic acids is 1. The number of benzene rings is 1. The normalized spacial score (nSPS) is 28.6. The first-order chi connectivity index (χ1) is 16.1. The van der Waals surface area contributed by atoms with Gasteiger partial charge in [0.1, 0.15) is 5.97 Å². The fourth-order valence-electron chi connectivity index (χ4n) is 6.13. The van der Waals surface area contributed by atoms with E-state index in [0.29, 0.717) is 5.92 Å². The highest BCUT2D eigenvalue weighted by molar-refractivity contribution is 5.93. The molecule has 4 rings (SSSR count). The zero-order valence-corrected chi connectivity index (χ0v) is 19.2. The molecule has 186 valence electrons. The van der Waals surface area contributed by atoms with E-state index in [9.17, 15) is 28.3 Å². The maximum absolute atomic E-state index is 13.8. The number of halogens is 2. The minimum Gasteiger partial charge on any atom is -0.544 e. The molecule has 1 aromatic rings. The molecule has 0 heterocycles. The average molecular weight is 479 g/mol. The van der Waals surface area contributed by atoms with Crippen LogP contribution < -0.4 is 5.11 Å². The van der Waals surface area contributed by atoms with E-state index in [1.165, 1.54) is 63.8 Å². The van der Waals surface area contributed by atoms with Crippen molar-refractivity contribution >= 4 is 17.9 Å². The summed E-state index contributed by atoms with van der Waals surface area (Å²) in [5.41, 5.74) is 0.0464. The molecule has 34 heavy (non-hydrogen) atoms. The highest BCUT2D eigenvalue weighted by Crippen LogP contribution is 2.59. The van der Waals surface area contributed by atoms with Gasteiger partial charge in [0, 0.05) is 0 Å². The first-order valence-corrected chi connectivity index (χ1v) is 11.8. The second kappa shape index (κ2) is 9.60. The van der Waals surface area contributed by atoms with E-state index >= 15 is 0 Å². The van der Waals surface area contributed by atoms with Crippen LogP contribution in [-0.2, 0) is 19.0 Å². The SMILES string of the molecule is CC(C)C(OC(=O)c1ccc(C(=O)OCOC2CC3CC2C2CCCC32)cc1)C(F)(F)C(=O)[O-]. The second-order valence-electron chi connectivity index (χ2n) is 9.97. The molecule has 0 radical (unpaired) electrons. The third-order valence-electron chi connectivity index (χ3n) is 7.67. The molecular formula is C25H29F2O7-. The number of hydrogen-bond acceptors (Lipinski definition) is 7. The lowest BCUT2D eigenvalue weighted by Crippen LogP contribution is -2.53. The smallest absolute Gasteiger partial charge is 0.340 e. The van der Waals surface area contributed by atoms with Gasteiger partial charge in [-0.2, -0.15) is 8.78 Å². The molecule has 2 bridgehead atoms. The Morgan fingerprint density at radius 3 is 2.24 bits per heavy atom. The Morgan fingerprint density at radius 1 is 1.00 bits per heavy atom. The molecule has 7 nitrogen and oxygen atoms in total. The van der Waals surface area contributed by atoms with Crippen molar-refractivity contribution in [2.24, 2.45) is 29.6 Å². The number of alkyl halides is 2. The van der Waals surface area contributed by atoms with Gasteiger partial charge >= 0.3 is 17.9 Å². The molecule has 3 aliphatic carbocycles. The summed E-state index contributed by atoms with van der Waals surface area (Å²) in [7, 11) is 0. The molecule has 0 N–H and O–H groups in total. The van der Waals surface area contributed by atoms with Crippen LogP contribution in [0.25, 0.3) is 0 Å². The number of aliphatic carboxylic acids is 1. The van der Waals surface area contributed by atoms with Gasteiger partial charge in [0.15, 0.2) is 12.9 Å². The molecule has 6 unspecified atom stereocenters. The van der Waals surface area contributed by atoms with Crippen LogP contribution in [0.15, 0.2) is 24.3 Å². The monoisotopic (exact) mass is 479 g/mol. The minimum absolute atomic E-state index is 0.110. The lowest BCUT2D eigenvalue weighted by atomic mass is 9.80. The molecule has 1 aromatic carbocycles. The first kappa shape index (κ1) is 24.6. The van der Waals surface area contributed by atoms with Crippen LogP contribution in [-0.4, -0.2) is 42.8 Å². The number of hydrogen-bond donors (Lipinski definition) is 0. The van der Waals surface area contributed by atoms with E-state index < -0.39 is 35.9 Å². The molecule has 0 amide bonds. The van der Waals surface area contributed by atoms with Crippen LogP contribution >= 0.6 is 0 Å². The highest BCUT2D eigenvalue weighted by atomic mass is 19.3. The van der Waals surface area contributed by atoms with Gasteiger partial charge in [0.05, 0.1) is 17.2 Å². The molecule has 3 aliphatic rings. The predicted molar refractivity (Wildman–Crippen MR) is 113 cm³/mol. The number of carbonyl (C=O) groups excluding carboxylic acids is 3. The van der Waals surface area contributed by atoms with Crippen molar-refractivity contribution in [3.63, 3.8) is 0 Å². The summed E-state index contributed by atoms with van der Waals surface area (Å²) in [6.07, 6.45) is 4.05. The zero-order chi connectivity index (χ0) is 24.6. The summed E-state index contributed by atoms with van der Waals surface area (Å²) in [4.78, 5) is 35.3. The van der Waals surface area contributed by atoms with Crippen LogP contribution in [0.4, 0.5) is 8.78 Å². The van der Waals surface area contributed by atoms with Crippen molar-refractivity contribution in [3.05, 3.63) is 35.4 Å². The zero-order valence-electron chi connectivity index (χ0n) is 19.2. The van der Waals surface area contributed by atoms with E-state index in [2.05, 4.69) is 0 Å². The Kier molecular flexibility index (Phi) is 6.94. The summed E-state index contributed by atoms with van der Waals surface area (Å²) in [5, 5.41) is 10.7. The van der Waals surface area contributed by atoms with E-state index in [4.69, 9.17) is 14.2 Å². The van der Waals surface area contributed by atoms with E-state index in [1.807, 2.05) is 0 Å². The van der Waals surface area contributed by atoms with Crippen molar-refractivity contribution in [1.82, 2.24) is 0 Å². The van der Waals surface area contributed by atoms with Crippen molar-refractivity contribution < 1.29 is 42.5 Å². The first-order valence-electron chi connectivity index (χ1n) is 11.8. The number of rotatable bonds is 9. The highest BCUT2D eigenvalue weighted by Gasteiger charge is 2.54. The van der Waals surface area contributed by atoms with Crippen LogP contribution in [0.3, 0.4) is 0 Å². The molecule has 9 heteroatoms. The molecule has 3 saturated carbocycles. The molecular weight excluding hydrogens is 450 g/mol. The fourth-order valence-corrected chi connectivity index (χ4v) is 6.13. The summed E-state index contributed by atoms with van der Waals surface area (Å²) in [5.74, 6) is -6.82. The van der Waals surface area contributed by atoms with Gasteiger partial charge in [-0.05, 0) is 79.5 Å². The molecule has 6 atom stereocenters. The van der Waals surface area contributed by atoms with E-state index in [1.54, 1.807) is 0 Å². The molecule has 0 spiro atoms. The lowest BCUT2D eigenvalue weighted by molar-refractivity contribution is -0.337. The van der Waals surface area contributed by atoms with Gasteiger partial charge in [-0.1, -0.05) is 20.3 Å². The van der Waals surface area contributed by atoms with Crippen LogP contribution in [0.2, 0.25) is 0 Å². The van der Waals surface area contributed by atoms with E-state index in [-0.39, 0.29) is 24.0 Å². The van der Waals surface area contributed by atoms with Gasteiger partial charge < -0.3 is 24.1 Å². The minimum atomic E-state index is -4.34. The summed E-state index contributed by atoms with van der Waals surface area (Å²) in [6, 6.07) is 5.07. The Hall–Kier alpha value is -2.55. The van der Waals surface area contributed by atoms with Crippen molar-refractivity contribution in [3.8, 4) is 0 Å². The second-order valence-corrected chi connectivity index (χ2v) is 9.97. The molecule has 3 fully saturated rings. The Balaban J connectivity index is 1.28. The number of carbonyl (C=O) groups is 3. The summed E-state index contributed by atoms with van der Waals surface area (Å²) in [6.45, 7) is 2.46. The average Bonchev–Trinajstić information content (AvgIpc) is 3.50. The number of ether oxygens (including phenoxy) is 3. The molecule has 0 aliphatic heterocycles. The van der Waals surface area contributed by atoms with Crippen molar-refractivity contribution in [1.29, 1.82) is 0 Å². The Morgan fingerprint density at radius 2 is 1.62 bits per heavy atom.